The molecule has 0 radical (unpaired) electrons. The number of allylic oxidation sites excluding steroid dienone is 1. The quantitative estimate of drug-likeness (QED) is 0.350. The Kier molecular flexibility index (Phi) is 7.28. The first-order chi connectivity index (χ1) is 16.4. The first-order valence-corrected chi connectivity index (χ1v) is 11.8. The molecule has 6 nitrogen and oxygen atoms in total. The zero-order valence-electron chi connectivity index (χ0n) is 20.2. The largest absolute Gasteiger partial charge is 0.398 e. The van der Waals surface area contributed by atoms with E-state index in [1.165, 1.54) is 37.9 Å². The van der Waals surface area contributed by atoms with Gasteiger partial charge in [-0.15, -0.1) is 0 Å². The van der Waals surface area contributed by atoms with Gasteiger partial charge in [0, 0.05) is 55.5 Å². The zero-order valence-corrected chi connectivity index (χ0v) is 20.2. The van der Waals surface area contributed by atoms with Crippen LogP contribution in [0.15, 0.2) is 73.8 Å². The molecule has 1 aromatic carbocycles. The van der Waals surface area contributed by atoms with Gasteiger partial charge in [-0.05, 0) is 73.0 Å². The summed E-state index contributed by atoms with van der Waals surface area (Å²) in [5, 5.41) is 3.30. The van der Waals surface area contributed by atoms with E-state index in [1.807, 2.05) is 55.7 Å². The maximum Gasteiger partial charge on any atom is 0.128 e. The second-order valence-corrected chi connectivity index (χ2v) is 9.10. The Bertz CT molecular complexity index is 1160. The number of nitrogens with one attached hydrogen (secondary N) is 1. The summed E-state index contributed by atoms with van der Waals surface area (Å²) in [5.41, 5.74) is 13.5. The number of anilines is 3. The third kappa shape index (κ3) is 5.64. The number of rotatable bonds is 8. The molecular formula is C28H34N6. The number of pyridine rings is 2. The van der Waals surface area contributed by atoms with Crippen LogP contribution in [0.2, 0.25) is 0 Å². The van der Waals surface area contributed by atoms with Crippen LogP contribution in [0.5, 0.6) is 0 Å². The molecule has 1 fully saturated rings. The van der Waals surface area contributed by atoms with E-state index >= 15 is 0 Å². The minimum Gasteiger partial charge on any atom is -0.398 e. The Labute approximate surface area is 202 Å². The fraction of sp³-hybridized carbons (Fsp3) is 0.286. The average Bonchev–Trinajstić information content (AvgIpc) is 2.85. The van der Waals surface area contributed by atoms with E-state index in [0.717, 1.165) is 40.3 Å². The van der Waals surface area contributed by atoms with E-state index in [2.05, 4.69) is 45.5 Å². The van der Waals surface area contributed by atoms with Crippen molar-refractivity contribution in [2.24, 2.45) is 0 Å². The van der Waals surface area contributed by atoms with E-state index in [-0.39, 0.29) is 0 Å². The average molecular weight is 455 g/mol. The topological polar surface area (TPSA) is 70.3 Å². The minimum absolute atomic E-state index is 0.662. The maximum atomic E-state index is 6.34. The van der Waals surface area contributed by atoms with Crippen LogP contribution in [-0.4, -0.2) is 42.1 Å². The smallest absolute Gasteiger partial charge is 0.128 e. The Balaban J connectivity index is 1.50. The summed E-state index contributed by atoms with van der Waals surface area (Å²) in [6, 6.07) is 12.2. The normalized spacial score (nSPS) is 13.9. The molecular weight excluding hydrogens is 420 g/mol. The molecule has 0 bridgehead atoms. The number of piperidine rings is 1. The Morgan fingerprint density at radius 3 is 2.50 bits per heavy atom. The summed E-state index contributed by atoms with van der Waals surface area (Å²) >= 11 is 0. The molecule has 3 aromatic rings. The molecule has 0 aliphatic carbocycles. The second kappa shape index (κ2) is 10.5. The molecule has 1 aliphatic heterocycles. The predicted octanol–water partition coefficient (Wildman–Crippen LogP) is 5.42. The van der Waals surface area contributed by atoms with Crippen LogP contribution in [0.4, 0.5) is 17.2 Å². The van der Waals surface area contributed by atoms with Gasteiger partial charge < -0.3 is 16.0 Å². The number of aromatic nitrogens is 2. The molecule has 0 amide bonds. The number of nitrogen functional groups attached to an aromatic ring is 1. The number of benzene rings is 1. The lowest BCUT2D eigenvalue weighted by molar-refractivity contribution is 0.220. The van der Waals surface area contributed by atoms with Gasteiger partial charge in [0.2, 0.25) is 0 Å². The van der Waals surface area contributed by atoms with Crippen molar-refractivity contribution in [3.63, 3.8) is 0 Å². The van der Waals surface area contributed by atoms with Crippen LogP contribution >= 0.6 is 0 Å². The second-order valence-electron chi connectivity index (χ2n) is 9.10. The van der Waals surface area contributed by atoms with Crippen molar-refractivity contribution >= 4 is 22.8 Å². The third-order valence-electron chi connectivity index (χ3n) is 6.23. The van der Waals surface area contributed by atoms with Crippen LogP contribution < -0.4 is 16.0 Å². The van der Waals surface area contributed by atoms with Gasteiger partial charge in [0.25, 0.3) is 0 Å². The highest BCUT2D eigenvalue weighted by Crippen LogP contribution is 2.31. The van der Waals surface area contributed by atoms with Crippen LogP contribution in [0, 0.1) is 0 Å². The summed E-state index contributed by atoms with van der Waals surface area (Å²) in [6.45, 7) is 11.7. The summed E-state index contributed by atoms with van der Waals surface area (Å²) in [5.74, 6) is 0.892. The van der Waals surface area contributed by atoms with E-state index in [0.29, 0.717) is 11.4 Å². The van der Waals surface area contributed by atoms with E-state index < -0.39 is 0 Å². The fourth-order valence-corrected chi connectivity index (χ4v) is 4.24. The molecule has 0 saturated carbocycles. The highest BCUT2D eigenvalue weighted by Gasteiger charge is 2.13. The fourth-order valence-electron chi connectivity index (χ4n) is 4.24. The molecule has 1 aliphatic rings. The Hall–Kier alpha value is -3.64. The van der Waals surface area contributed by atoms with E-state index in [9.17, 15) is 0 Å². The highest BCUT2D eigenvalue weighted by atomic mass is 15.1. The summed E-state index contributed by atoms with van der Waals surface area (Å²) in [7, 11) is 3.93. The van der Waals surface area contributed by atoms with Crippen LogP contribution in [0.1, 0.15) is 30.4 Å². The summed E-state index contributed by atoms with van der Waals surface area (Å²) < 4.78 is 0. The molecule has 0 unspecified atom stereocenters. The summed E-state index contributed by atoms with van der Waals surface area (Å²) in [4.78, 5) is 13.4. The zero-order chi connectivity index (χ0) is 24.1. The summed E-state index contributed by atoms with van der Waals surface area (Å²) in [6.07, 6.45) is 9.56. The number of likely N-dealkylation sites (tertiary alicyclic amines) is 1. The van der Waals surface area contributed by atoms with Crippen LogP contribution in [0.3, 0.4) is 0 Å². The number of nitrogens with zero attached hydrogens (tertiary/aromatic N) is 4. The standard InChI is InChI=1S/C28H34N6/c1-20(21(2)32-25-9-11-28(31-18-25)33(3)4)26-15-23(8-10-27(26)29)24-14-22(16-30-17-24)19-34-12-6-5-7-13-34/h8-11,14-18,32H,1-2,5-7,12-13,19,29H2,3-4H3. The molecule has 0 spiro atoms. The van der Waals surface area contributed by atoms with Gasteiger partial charge in [-0.3, -0.25) is 9.88 Å². The predicted molar refractivity (Wildman–Crippen MR) is 144 cm³/mol. The first kappa shape index (κ1) is 23.5. The maximum absolute atomic E-state index is 6.34. The highest BCUT2D eigenvalue weighted by molar-refractivity contribution is 5.87. The molecule has 4 rings (SSSR count). The van der Waals surface area contributed by atoms with Crippen molar-refractivity contribution in [2.75, 3.05) is 43.1 Å². The Morgan fingerprint density at radius 1 is 1.00 bits per heavy atom. The van der Waals surface area contributed by atoms with Gasteiger partial charge in [0.1, 0.15) is 5.82 Å². The van der Waals surface area contributed by atoms with Gasteiger partial charge >= 0.3 is 0 Å². The van der Waals surface area contributed by atoms with Crippen molar-refractivity contribution in [3.05, 3.63) is 85.0 Å². The van der Waals surface area contributed by atoms with E-state index in [4.69, 9.17) is 5.73 Å². The van der Waals surface area contributed by atoms with Crippen LogP contribution in [0.25, 0.3) is 16.7 Å². The van der Waals surface area contributed by atoms with Gasteiger partial charge in [-0.1, -0.05) is 25.6 Å². The molecule has 34 heavy (non-hydrogen) atoms. The molecule has 176 valence electrons. The molecule has 0 atom stereocenters. The van der Waals surface area contributed by atoms with Crippen molar-refractivity contribution in [1.29, 1.82) is 0 Å². The first-order valence-electron chi connectivity index (χ1n) is 11.8. The van der Waals surface area contributed by atoms with Crippen molar-refractivity contribution in [2.45, 2.75) is 25.8 Å². The van der Waals surface area contributed by atoms with Gasteiger partial charge in [0.15, 0.2) is 0 Å². The Morgan fingerprint density at radius 2 is 1.79 bits per heavy atom. The van der Waals surface area contributed by atoms with Gasteiger partial charge in [-0.25, -0.2) is 4.98 Å². The number of nitrogens with two attached hydrogens (primary N) is 1. The van der Waals surface area contributed by atoms with Crippen molar-refractivity contribution in [1.82, 2.24) is 14.9 Å². The molecule has 2 aromatic heterocycles. The molecule has 1 saturated heterocycles. The monoisotopic (exact) mass is 454 g/mol. The molecule has 3 heterocycles. The van der Waals surface area contributed by atoms with Gasteiger partial charge in [0.05, 0.1) is 11.9 Å². The minimum atomic E-state index is 0.662. The van der Waals surface area contributed by atoms with Crippen molar-refractivity contribution in [3.8, 4) is 11.1 Å². The van der Waals surface area contributed by atoms with Crippen molar-refractivity contribution < 1.29 is 0 Å². The molecule has 3 N–H and O–H groups in total. The van der Waals surface area contributed by atoms with Gasteiger partial charge in [-0.2, -0.15) is 0 Å². The third-order valence-corrected chi connectivity index (χ3v) is 6.23. The SMILES string of the molecule is C=C(Nc1ccc(N(C)C)nc1)C(=C)c1cc(-c2cncc(CN3CCCCC3)c2)ccc1N. The van der Waals surface area contributed by atoms with Crippen LogP contribution in [-0.2, 0) is 6.54 Å². The van der Waals surface area contributed by atoms with E-state index in [1.54, 1.807) is 6.20 Å². The molecule has 6 heteroatoms. The lowest BCUT2D eigenvalue weighted by Gasteiger charge is -2.26. The lowest BCUT2D eigenvalue weighted by Crippen LogP contribution is -2.29. The number of hydrogen-bond donors (Lipinski definition) is 2. The number of hydrogen-bond acceptors (Lipinski definition) is 6. The lowest BCUT2D eigenvalue weighted by atomic mass is 9.97.